The van der Waals surface area contributed by atoms with E-state index in [-0.39, 0.29) is 5.71 Å². The molecule has 66 valence electrons. The van der Waals surface area contributed by atoms with Crippen molar-refractivity contribution in [2.24, 2.45) is 5.16 Å². The summed E-state index contributed by atoms with van der Waals surface area (Å²) in [5.74, 6) is 0. The molecule has 0 aliphatic carbocycles. The summed E-state index contributed by atoms with van der Waals surface area (Å²) in [5.41, 5.74) is 0.662. The first-order valence-electron chi connectivity index (χ1n) is 3.58. The molecular formula is C9H8N2OS. The molecule has 0 unspecified atom stereocenters. The van der Waals surface area contributed by atoms with Crippen LogP contribution in [0.25, 0.3) is 0 Å². The van der Waals surface area contributed by atoms with Crippen molar-refractivity contribution < 1.29 is 5.21 Å². The van der Waals surface area contributed by atoms with E-state index in [4.69, 9.17) is 10.5 Å². The van der Waals surface area contributed by atoms with E-state index in [9.17, 15) is 0 Å². The minimum atomic E-state index is 0.0349. The molecule has 1 aromatic rings. The highest BCUT2D eigenvalue weighted by atomic mass is 32.2. The fourth-order valence-corrected chi connectivity index (χ4v) is 1.30. The standard InChI is InChI=1S/C9H8N2OS/c1-13-8-4-2-7(3-5-8)9(6-10)11-12/h2-5,12H,1H3/b11-9-. The normalized spacial score (nSPS) is 10.9. The molecule has 0 saturated heterocycles. The number of nitrogens with zero attached hydrogens (tertiary/aromatic N) is 2. The lowest BCUT2D eigenvalue weighted by Gasteiger charge is -1.97. The van der Waals surface area contributed by atoms with Gasteiger partial charge in [-0.3, -0.25) is 0 Å². The molecule has 0 radical (unpaired) electrons. The van der Waals surface area contributed by atoms with Crippen LogP contribution in [0.2, 0.25) is 0 Å². The number of benzene rings is 1. The van der Waals surface area contributed by atoms with Crippen LogP contribution in [0.15, 0.2) is 34.3 Å². The number of thioether (sulfide) groups is 1. The molecule has 3 nitrogen and oxygen atoms in total. The summed E-state index contributed by atoms with van der Waals surface area (Å²) in [7, 11) is 0. The molecule has 0 fully saturated rings. The van der Waals surface area contributed by atoms with Gasteiger partial charge in [0.1, 0.15) is 6.07 Å². The number of hydrogen-bond acceptors (Lipinski definition) is 4. The maximum atomic E-state index is 8.56. The molecule has 1 rings (SSSR count). The quantitative estimate of drug-likeness (QED) is 0.338. The zero-order valence-electron chi connectivity index (χ0n) is 7.06. The van der Waals surface area contributed by atoms with Gasteiger partial charge in [0.05, 0.1) is 0 Å². The van der Waals surface area contributed by atoms with Gasteiger partial charge in [-0.05, 0) is 18.4 Å². The third kappa shape index (κ3) is 2.23. The molecule has 4 heteroatoms. The van der Waals surface area contributed by atoms with E-state index in [0.29, 0.717) is 5.56 Å². The average molecular weight is 192 g/mol. The summed E-state index contributed by atoms with van der Waals surface area (Å²) in [4.78, 5) is 1.11. The second kappa shape index (κ2) is 4.53. The molecule has 0 heterocycles. The van der Waals surface area contributed by atoms with Crippen molar-refractivity contribution in [3.05, 3.63) is 29.8 Å². The first-order chi connectivity index (χ1) is 6.31. The molecule has 0 saturated carbocycles. The average Bonchev–Trinajstić information content (AvgIpc) is 2.21. The highest BCUT2D eigenvalue weighted by Gasteiger charge is 2.01. The lowest BCUT2D eigenvalue weighted by Crippen LogP contribution is -1.95. The Morgan fingerprint density at radius 1 is 1.46 bits per heavy atom. The fourth-order valence-electron chi connectivity index (χ4n) is 0.894. The maximum absolute atomic E-state index is 8.56. The van der Waals surface area contributed by atoms with Crippen molar-refractivity contribution in [1.29, 1.82) is 5.26 Å². The van der Waals surface area contributed by atoms with Gasteiger partial charge < -0.3 is 5.21 Å². The molecule has 0 aliphatic rings. The fraction of sp³-hybridized carbons (Fsp3) is 0.111. The Balaban J connectivity index is 3.00. The summed E-state index contributed by atoms with van der Waals surface area (Å²) in [6, 6.07) is 9.06. The minimum Gasteiger partial charge on any atom is -0.410 e. The zero-order chi connectivity index (χ0) is 9.68. The summed E-state index contributed by atoms with van der Waals surface area (Å²) in [6.07, 6.45) is 1.97. The van der Waals surface area contributed by atoms with E-state index in [1.807, 2.05) is 18.4 Å². The van der Waals surface area contributed by atoms with Crippen molar-refractivity contribution >= 4 is 17.5 Å². The molecule has 0 aromatic heterocycles. The Labute approximate surface area is 80.7 Å². The van der Waals surface area contributed by atoms with Gasteiger partial charge in [0, 0.05) is 10.5 Å². The van der Waals surface area contributed by atoms with Crippen LogP contribution in [-0.4, -0.2) is 17.2 Å². The predicted octanol–water partition coefficient (Wildman–Crippen LogP) is 2.11. The van der Waals surface area contributed by atoms with Crippen LogP contribution >= 0.6 is 11.8 Å². The lowest BCUT2D eigenvalue weighted by atomic mass is 10.1. The monoisotopic (exact) mass is 192 g/mol. The van der Waals surface area contributed by atoms with E-state index in [1.54, 1.807) is 30.0 Å². The van der Waals surface area contributed by atoms with Crippen molar-refractivity contribution in [1.82, 2.24) is 0 Å². The predicted molar refractivity (Wildman–Crippen MR) is 52.2 cm³/mol. The molecule has 13 heavy (non-hydrogen) atoms. The second-order valence-electron chi connectivity index (χ2n) is 2.29. The van der Waals surface area contributed by atoms with Gasteiger partial charge in [-0.25, -0.2) is 0 Å². The topological polar surface area (TPSA) is 56.4 Å². The van der Waals surface area contributed by atoms with Crippen LogP contribution in [0.4, 0.5) is 0 Å². The SMILES string of the molecule is CSc1ccc(/C(C#N)=N\O)cc1. The van der Waals surface area contributed by atoms with Gasteiger partial charge in [0.2, 0.25) is 0 Å². The molecule has 0 bridgehead atoms. The van der Waals surface area contributed by atoms with Crippen molar-refractivity contribution in [2.45, 2.75) is 4.90 Å². The first-order valence-corrected chi connectivity index (χ1v) is 4.81. The first kappa shape index (κ1) is 9.62. The number of oxime groups is 1. The molecular weight excluding hydrogens is 184 g/mol. The van der Waals surface area contributed by atoms with Crippen molar-refractivity contribution in [3.8, 4) is 6.07 Å². The van der Waals surface area contributed by atoms with E-state index in [1.165, 1.54) is 0 Å². The van der Waals surface area contributed by atoms with Gasteiger partial charge in [0.15, 0.2) is 5.71 Å². The number of rotatable bonds is 2. The van der Waals surface area contributed by atoms with Gasteiger partial charge in [0.25, 0.3) is 0 Å². The summed E-state index contributed by atoms with van der Waals surface area (Å²) in [5, 5.41) is 19.9. The molecule has 0 spiro atoms. The van der Waals surface area contributed by atoms with Crippen molar-refractivity contribution in [3.63, 3.8) is 0 Å². The van der Waals surface area contributed by atoms with Gasteiger partial charge in [-0.15, -0.1) is 11.8 Å². The smallest absolute Gasteiger partial charge is 0.186 e. The van der Waals surface area contributed by atoms with Gasteiger partial charge >= 0.3 is 0 Å². The molecule has 0 amide bonds. The third-order valence-electron chi connectivity index (χ3n) is 1.57. The van der Waals surface area contributed by atoms with Crippen LogP contribution in [0, 0.1) is 11.3 Å². The summed E-state index contributed by atoms with van der Waals surface area (Å²) in [6.45, 7) is 0. The Morgan fingerprint density at radius 2 is 2.08 bits per heavy atom. The van der Waals surface area contributed by atoms with E-state index in [2.05, 4.69) is 5.16 Å². The molecule has 0 atom stereocenters. The largest absolute Gasteiger partial charge is 0.410 e. The zero-order valence-corrected chi connectivity index (χ0v) is 7.88. The third-order valence-corrected chi connectivity index (χ3v) is 2.31. The van der Waals surface area contributed by atoms with Crippen LogP contribution in [0.3, 0.4) is 0 Å². The van der Waals surface area contributed by atoms with E-state index < -0.39 is 0 Å². The number of hydrogen-bond donors (Lipinski definition) is 1. The minimum absolute atomic E-state index is 0.0349. The van der Waals surface area contributed by atoms with Crippen LogP contribution < -0.4 is 0 Å². The van der Waals surface area contributed by atoms with Gasteiger partial charge in [-0.1, -0.05) is 17.3 Å². The second-order valence-corrected chi connectivity index (χ2v) is 3.17. The van der Waals surface area contributed by atoms with Crippen molar-refractivity contribution in [2.75, 3.05) is 6.26 Å². The Bertz CT molecular complexity index is 351. The number of nitriles is 1. The van der Waals surface area contributed by atoms with E-state index >= 15 is 0 Å². The highest BCUT2D eigenvalue weighted by molar-refractivity contribution is 7.98. The van der Waals surface area contributed by atoms with Crippen LogP contribution in [0.5, 0.6) is 0 Å². The Kier molecular flexibility index (Phi) is 3.35. The Morgan fingerprint density at radius 3 is 2.46 bits per heavy atom. The summed E-state index contributed by atoms with van der Waals surface area (Å²) >= 11 is 1.62. The molecule has 0 aliphatic heterocycles. The Hall–Kier alpha value is -1.47. The lowest BCUT2D eigenvalue weighted by molar-refractivity contribution is 0.320. The highest BCUT2D eigenvalue weighted by Crippen LogP contribution is 2.15. The molecule has 1 N–H and O–H groups in total. The molecule has 1 aromatic carbocycles. The maximum Gasteiger partial charge on any atom is 0.186 e. The van der Waals surface area contributed by atoms with Gasteiger partial charge in [-0.2, -0.15) is 5.26 Å². The van der Waals surface area contributed by atoms with E-state index in [0.717, 1.165) is 4.90 Å². The summed E-state index contributed by atoms with van der Waals surface area (Å²) < 4.78 is 0. The van der Waals surface area contributed by atoms with Crippen LogP contribution in [-0.2, 0) is 0 Å². The van der Waals surface area contributed by atoms with Crippen LogP contribution in [0.1, 0.15) is 5.56 Å².